The average molecular weight is 384 g/mol. The largest absolute Gasteiger partial charge is 0.389 e. The molecule has 5 heteroatoms. The topological polar surface area (TPSA) is 41.5 Å². The standard InChI is InChI=1S/C13H19ClINO2/c1-13(2,3)18-8-10(17)7-16-12-5-4-9(15)6-11(12)14/h4-6,10,16-17H,7-8H2,1-3H3. The number of hydrogen-bond acceptors (Lipinski definition) is 3. The Balaban J connectivity index is 2.40. The van der Waals surface area contributed by atoms with Crippen molar-refractivity contribution in [1.82, 2.24) is 0 Å². The second kappa shape index (κ2) is 6.93. The molecule has 0 aliphatic rings. The molecule has 0 aliphatic heterocycles. The number of ether oxygens (including phenoxy) is 1. The van der Waals surface area contributed by atoms with Crippen molar-refractivity contribution in [2.45, 2.75) is 32.5 Å². The molecule has 1 atom stereocenters. The summed E-state index contributed by atoms with van der Waals surface area (Å²) >= 11 is 8.29. The van der Waals surface area contributed by atoms with Gasteiger partial charge in [-0.05, 0) is 61.6 Å². The summed E-state index contributed by atoms with van der Waals surface area (Å²) in [5, 5.41) is 13.6. The van der Waals surface area contributed by atoms with Crippen molar-refractivity contribution in [2.24, 2.45) is 0 Å². The SMILES string of the molecule is CC(C)(C)OCC(O)CNc1ccc(I)cc1Cl. The molecule has 18 heavy (non-hydrogen) atoms. The van der Waals surface area contributed by atoms with Gasteiger partial charge in [-0.1, -0.05) is 11.6 Å². The van der Waals surface area contributed by atoms with Crippen LogP contribution in [0.3, 0.4) is 0 Å². The van der Waals surface area contributed by atoms with Gasteiger partial charge in [0, 0.05) is 10.1 Å². The van der Waals surface area contributed by atoms with Crippen molar-refractivity contribution in [3.8, 4) is 0 Å². The fraction of sp³-hybridized carbons (Fsp3) is 0.538. The van der Waals surface area contributed by atoms with Gasteiger partial charge in [0.1, 0.15) is 0 Å². The second-order valence-electron chi connectivity index (χ2n) is 5.08. The van der Waals surface area contributed by atoms with Crippen LogP contribution in [-0.2, 0) is 4.74 Å². The monoisotopic (exact) mass is 383 g/mol. The summed E-state index contributed by atoms with van der Waals surface area (Å²) in [5.41, 5.74) is 0.591. The highest BCUT2D eigenvalue weighted by Crippen LogP contribution is 2.23. The van der Waals surface area contributed by atoms with Crippen LogP contribution in [0.25, 0.3) is 0 Å². The molecule has 1 unspecified atom stereocenters. The van der Waals surface area contributed by atoms with E-state index in [9.17, 15) is 5.11 Å². The molecule has 0 spiro atoms. The molecule has 0 radical (unpaired) electrons. The summed E-state index contributed by atoms with van der Waals surface area (Å²) in [7, 11) is 0. The molecule has 2 N–H and O–H groups in total. The smallest absolute Gasteiger partial charge is 0.0945 e. The fourth-order valence-electron chi connectivity index (χ4n) is 1.27. The molecule has 3 nitrogen and oxygen atoms in total. The number of benzene rings is 1. The molecule has 1 aromatic rings. The van der Waals surface area contributed by atoms with Crippen LogP contribution in [0.2, 0.25) is 5.02 Å². The van der Waals surface area contributed by atoms with Gasteiger partial charge in [0.2, 0.25) is 0 Å². The Labute approximate surface area is 127 Å². The zero-order valence-corrected chi connectivity index (χ0v) is 13.7. The van der Waals surface area contributed by atoms with Gasteiger partial charge >= 0.3 is 0 Å². The van der Waals surface area contributed by atoms with Crippen LogP contribution < -0.4 is 5.32 Å². The summed E-state index contributed by atoms with van der Waals surface area (Å²) in [6, 6.07) is 5.75. The number of aliphatic hydroxyl groups is 1. The van der Waals surface area contributed by atoms with Crippen LogP contribution >= 0.6 is 34.2 Å². The van der Waals surface area contributed by atoms with Crippen LogP contribution in [0.4, 0.5) is 5.69 Å². The van der Waals surface area contributed by atoms with Crippen LogP contribution in [0.1, 0.15) is 20.8 Å². The van der Waals surface area contributed by atoms with Gasteiger partial charge in [-0.15, -0.1) is 0 Å². The number of anilines is 1. The summed E-state index contributed by atoms with van der Waals surface area (Å²) in [6.07, 6.45) is -0.556. The molecule has 0 bridgehead atoms. The van der Waals surface area contributed by atoms with Gasteiger partial charge in [-0.25, -0.2) is 0 Å². The number of rotatable bonds is 5. The zero-order chi connectivity index (χ0) is 13.8. The lowest BCUT2D eigenvalue weighted by Crippen LogP contribution is -2.30. The van der Waals surface area contributed by atoms with E-state index in [1.165, 1.54) is 0 Å². The van der Waals surface area contributed by atoms with Gasteiger partial charge < -0.3 is 15.2 Å². The van der Waals surface area contributed by atoms with Crippen molar-refractivity contribution in [3.63, 3.8) is 0 Å². The molecule has 0 fully saturated rings. The Morgan fingerprint density at radius 3 is 2.67 bits per heavy atom. The normalized spacial score (nSPS) is 13.4. The molecule has 0 saturated carbocycles. The van der Waals surface area contributed by atoms with Crippen molar-refractivity contribution >= 4 is 39.9 Å². The minimum atomic E-state index is -0.556. The minimum Gasteiger partial charge on any atom is -0.389 e. The van der Waals surface area contributed by atoms with E-state index in [0.717, 1.165) is 9.26 Å². The third-order valence-corrected chi connectivity index (χ3v) is 3.15. The molecule has 0 amide bonds. The summed E-state index contributed by atoms with van der Waals surface area (Å²) in [6.45, 7) is 6.60. The van der Waals surface area contributed by atoms with Gasteiger partial charge in [0.05, 0.1) is 29.0 Å². The lowest BCUT2D eigenvalue weighted by Gasteiger charge is -2.22. The first-order valence-electron chi connectivity index (χ1n) is 5.79. The third kappa shape index (κ3) is 6.22. The highest BCUT2D eigenvalue weighted by Gasteiger charge is 2.13. The lowest BCUT2D eigenvalue weighted by atomic mass is 10.2. The van der Waals surface area contributed by atoms with Crippen molar-refractivity contribution < 1.29 is 9.84 Å². The molecule has 0 heterocycles. The summed E-state index contributed by atoms with van der Waals surface area (Å²) in [5.74, 6) is 0. The molecule has 1 rings (SSSR count). The quantitative estimate of drug-likeness (QED) is 0.764. The maximum atomic E-state index is 9.79. The maximum absolute atomic E-state index is 9.79. The van der Waals surface area contributed by atoms with Gasteiger partial charge in [0.25, 0.3) is 0 Å². The highest BCUT2D eigenvalue weighted by molar-refractivity contribution is 14.1. The predicted molar refractivity (Wildman–Crippen MR) is 84.4 cm³/mol. The Kier molecular flexibility index (Phi) is 6.17. The van der Waals surface area contributed by atoms with Crippen LogP contribution in [0.5, 0.6) is 0 Å². The van der Waals surface area contributed by atoms with Crippen molar-refractivity contribution in [3.05, 3.63) is 26.8 Å². The first-order valence-corrected chi connectivity index (χ1v) is 7.24. The molecule has 1 aromatic carbocycles. The lowest BCUT2D eigenvalue weighted by molar-refractivity contribution is -0.0449. The van der Waals surface area contributed by atoms with E-state index in [4.69, 9.17) is 16.3 Å². The van der Waals surface area contributed by atoms with Crippen LogP contribution in [0, 0.1) is 3.57 Å². The van der Waals surface area contributed by atoms with Crippen molar-refractivity contribution in [2.75, 3.05) is 18.5 Å². The van der Waals surface area contributed by atoms with Crippen LogP contribution in [-0.4, -0.2) is 30.0 Å². The van der Waals surface area contributed by atoms with Gasteiger partial charge in [0.15, 0.2) is 0 Å². The number of nitrogens with one attached hydrogen (secondary N) is 1. The molecular weight excluding hydrogens is 365 g/mol. The van der Waals surface area contributed by atoms with E-state index in [1.807, 2.05) is 39.0 Å². The Morgan fingerprint density at radius 2 is 2.11 bits per heavy atom. The molecule has 0 saturated heterocycles. The minimum absolute atomic E-state index is 0.235. The molecule has 0 aliphatic carbocycles. The first-order chi connectivity index (χ1) is 8.28. The van der Waals surface area contributed by atoms with Crippen LogP contribution in [0.15, 0.2) is 18.2 Å². The predicted octanol–water partition coefficient (Wildman–Crippen LogP) is 3.53. The first kappa shape index (κ1) is 16.0. The van der Waals surface area contributed by atoms with Crippen molar-refractivity contribution in [1.29, 1.82) is 0 Å². The Bertz CT molecular complexity index is 393. The number of aliphatic hydroxyl groups excluding tert-OH is 1. The number of halogens is 2. The Hall–Kier alpha value is -0.0400. The molecular formula is C13H19ClINO2. The highest BCUT2D eigenvalue weighted by atomic mass is 127. The van der Waals surface area contributed by atoms with E-state index in [2.05, 4.69) is 27.9 Å². The van der Waals surface area contributed by atoms with E-state index in [0.29, 0.717) is 18.2 Å². The van der Waals surface area contributed by atoms with Gasteiger partial charge in [-0.3, -0.25) is 0 Å². The fourth-order valence-corrected chi connectivity index (χ4v) is 2.19. The molecule has 0 aromatic heterocycles. The second-order valence-corrected chi connectivity index (χ2v) is 6.74. The van der Waals surface area contributed by atoms with E-state index < -0.39 is 6.10 Å². The van der Waals surface area contributed by atoms with Gasteiger partial charge in [-0.2, -0.15) is 0 Å². The summed E-state index contributed by atoms with van der Waals surface area (Å²) in [4.78, 5) is 0. The average Bonchev–Trinajstić information content (AvgIpc) is 2.24. The maximum Gasteiger partial charge on any atom is 0.0945 e. The zero-order valence-electron chi connectivity index (χ0n) is 10.8. The van der Waals surface area contributed by atoms with E-state index in [-0.39, 0.29) is 5.60 Å². The summed E-state index contributed by atoms with van der Waals surface area (Å²) < 4.78 is 6.59. The third-order valence-electron chi connectivity index (χ3n) is 2.17. The molecule has 102 valence electrons. The number of hydrogen-bond donors (Lipinski definition) is 2. The Morgan fingerprint density at radius 1 is 1.44 bits per heavy atom. The van der Waals surface area contributed by atoms with E-state index in [1.54, 1.807) is 0 Å². The van der Waals surface area contributed by atoms with E-state index >= 15 is 0 Å².